The van der Waals surface area contributed by atoms with Gasteiger partial charge < -0.3 is 24.3 Å². The lowest BCUT2D eigenvalue weighted by Gasteiger charge is -2.13. The molecule has 0 aliphatic heterocycles. The number of ether oxygens (including phenoxy) is 4. The molecule has 0 saturated heterocycles. The molecule has 33 heavy (non-hydrogen) atoms. The van der Waals surface area contributed by atoms with Crippen molar-refractivity contribution in [1.82, 2.24) is 9.78 Å². The van der Waals surface area contributed by atoms with Crippen LogP contribution < -0.4 is 24.3 Å². The maximum Gasteiger partial charge on any atom is 0.255 e. The van der Waals surface area contributed by atoms with E-state index in [2.05, 4.69) is 10.4 Å². The Hall–Kier alpha value is -3.68. The van der Waals surface area contributed by atoms with Crippen molar-refractivity contribution in [2.75, 3.05) is 32.8 Å². The van der Waals surface area contributed by atoms with Crippen LogP contribution in [0.15, 0.2) is 36.4 Å². The Morgan fingerprint density at radius 1 is 0.909 bits per heavy atom. The zero-order chi connectivity index (χ0) is 24.0. The van der Waals surface area contributed by atoms with Gasteiger partial charge in [-0.3, -0.25) is 9.48 Å². The first-order chi connectivity index (χ1) is 15.9. The van der Waals surface area contributed by atoms with E-state index in [0.717, 1.165) is 17.0 Å². The zero-order valence-electron chi connectivity index (χ0n) is 20.0. The minimum Gasteiger partial charge on any atom is -0.493 e. The molecule has 2 aromatic carbocycles. The molecule has 0 radical (unpaired) electrons. The van der Waals surface area contributed by atoms with E-state index in [1.807, 2.05) is 50.6 Å². The molecule has 1 amide bonds. The fraction of sp³-hybridized carbons (Fsp3) is 0.360. The van der Waals surface area contributed by atoms with Crippen molar-refractivity contribution in [3.63, 3.8) is 0 Å². The lowest BCUT2D eigenvalue weighted by Crippen LogP contribution is -2.14. The number of benzene rings is 2. The highest BCUT2D eigenvalue weighted by atomic mass is 16.5. The molecule has 1 heterocycles. The van der Waals surface area contributed by atoms with Gasteiger partial charge in [-0.2, -0.15) is 5.10 Å². The van der Waals surface area contributed by atoms with Gasteiger partial charge in [-0.25, -0.2) is 0 Å². The highest BCUT2D eigenvalue weighted by Gasteiger charge is 2.18. The summed E-state index contributed by atoms with van der Waals surface area (Å²) in [6.45, 7) is 9.12. The Balaban J connectivity index is 1.81. The number of hydrogen-bond acceptors (Lipinski definition) is 6. The summed E-state index contributed by atoms with van der Waals surface area (Å²) in [5.41, 5.74) is 3.76. The van der Waals surface area contributed by atoms with Crippen molar-refractivity contribution in [3.05, 3.63) is 58.9 Å². The molecular weight excluding hydrogens is 422 g/mol. The van der Waals surface area contributed by atoms with E-state index < -0.39 is 0 Å². The molecule has 1 aromatic heterocycles. The second-order valence-corrected chi connectivity index (χ2v) is 7.37. The number of nitrogens with zero attached hydrogens (tertiary/aromatic N) is 2. The number of rotatable bonds is 10. The van der Waals surface area contributed by atoms with E-state index >= 15 is 0 Å². The topological polar surface area (TPSA) is 83.8 Å². The van der Waals surface area contributed by atoms with Gasteiger partial charge in [0.15, 0.2) is 23.0 Å². The molecule has 0 fully saturated rings. The molecule has 176 valence electrons. The van der Waals surface area contributed by atoms with Crippen LogP contribution in [0, 0.1) is 13.8 Å². The molecule has 0 aliphatic rings. The van der Waals surface area contributed by atoms with Crippen molar-refractivity contribution in [2.24, 2.45) is 0 Å². The second-order valence-electron chi connectivity index (χ2n) is 7.37. The number of aryl methyl sites for hydroxylation is 1. The third kappa shape index (κ3) is 5.39. The molecule has 0 atom stereocenters. The first-order valence-corrected chi connectivity index (χ1v) is 10.9. The predicted octanol–water partition coefficient (Wildman–Crippen LogP) is 4.62. The third-order valence-electron chi connectivity index (χ3n) is 5.21. The maximum absolute atomic E-state index is 13.0. The molecule has 8 heteroatoms. The minimum atomic E-state index is -0.240. The number of hydrogen-bond donors (Lipinski definition) is 1. The van der Waals surface area contributed by atoms with E-state index in [-0.39, 0.29) is 5.91 Å². The van der Waals surface area contributed by atoms with Gasteiger partial charge in [-0.15, -0.1) is 0 Å². The van der Waals surface area contributed by atoms with E-state index in [1.165, 1.54) is 0 Å². The molecule has 0 aliphatic carbocycles. The largest absolute Gasteiger partial charge is 0.493 e. The first-order valence-electron chi connectivity index (χ1n) is 10.9. The van der Waals surface area contributed by atoms with Crippen LogP contribution in [0.5, 0.6) is 23.0 Å². The number of amides is 1. The molecule has 3 aromatic rings. The first kappa shape index (κ1) is 24.0. The molecule has 0 saturated carbocycles. The average Bonchev–Trinajstić information content (AvgIpc) is 3.07. The number of methoxy groups -OCH3 is 2. The van der Waals surface area contributed by atoms with Crippen molar-refractivity contribution < 1.29 is 23.7 Å². The van der Waals surface area contributed by atoms with Gasteiger partial charge >= 0.3 is 0 Å². The van der Waals surface area contributed by atoms with Crippen LogP contribution in [0.1, 0.15) is 41.2 Å². The lowest BCUT2D eigenvalue weighted by atomic mass is 10.1. The van der Waals surface area contributed by atoms with Crippen molar-refractivity contribution in [1.29, 1.82) is 0 Å². The lowest BCUT2D eigenvalue weighted by molar-refractivity contribution is 0.102. The molecule has 0 bridgehead atoms. The average molecular weight is 454 g/mol. The van der Waals surface area contributed by atoms with Gasteiger partial charge in [0.1, 0.15) is 0 Å². The number of carbonyl (C=O) groups excluding carboxylic acids is 1. The van der Waals surface area contributed by atoms with Gasteiger partial charge in [-0.05, 0) is 63.6 Å². The van der Waals surface area contributed by atoms with Crippen LogP contribution in [0.4, 0.5) is 5.69 Å². The Kier molecular flexibility index (Phi) is 7.82. The molecule has 8 nitrogen and oxygen atoms in total. The fourth-order valence-electron chi connectivity index (χ4n) is 3.56. The van der Waals surface area contributed by atoms with E-state index in [1.54, 1.807) is 32.4 Å². The highest BCUT2D eigenvalue weighted by Crippen LogP contribution is 2.30. The number of anilines is 1. The van der Waals surface area contributed by atoms with Crippen LogP contribution in [0.2, 0.25) is 0 Å². The Morgan fingerprint density at radius 2 is 1.58 bits per heavy atom. The normalized spacial score (nSPS) is 10.6. The quantitative estimate of drug-likeness (QED) is 0.482. The van der Waals surface area contributed by atoms with Gasteiger partial charge in [0, 0.05) is 5.56 Å². The SMILES string of the molecule is CCOc1ccc(C(=O)Nc2c(C)nn(Cc3ccc(OC)c(OC)c3)c2C)cc1OCC. The summed E-state index contributed by atoms with van der Waals surface area (Å²) < 4.78 is 23.8. The van der Waals surface area contributed by atoms with Crippen molar-refractivity contribution in [2.45, 2.75) is 34.2 Å². The molecule has 0 spiro atoms. The van der Waals surface area contributed by atoms with E-state index in [4.69, 9.17) is 18.9 Å². The Labute approximate surface area is 194 Å². The molecule has 3 rings (SSSR count). The predicted molar refractivity (Wildman–Crippen MR) is 127 cm³/mol. The van der Waals surface area contributed by atoms with Crippen molar-refractivity contribution >= 4 is 11.6 Å². The van der Waals surface area contributed by atoms with Crippen LogP contribution in [-0.2, 0) is 6.54 Å². The van der Waals surface area contributed by atoms with Gasteiger partial charge in [0.2, 0.25) is 0 Å². The molecule has 1 N–H and O–H groups in total. The van der Waals surface area contributed by atoms with Gasteiger partial charge in [0.25, 0.3) is 5.91 Å². The molecular formula is C25H31N3O5. The van der Waals surface area contributed by atoms with Crippen LogP contribution >= 0.6 is 0 Å². The summed E-state index contributed by atoms with van der Waals surface area (Å²) in [6.07, 6.45) is 0. The van der Waals surface area contributed by atoms with E-state index in [9.17, 15) is 4.79 Å². The molecule has 0 unspecified atom stereocenters. The minimum absolute atomic E-state index is 0.240. The second kappa shape index (κ2) is 10.8. The summed E-state index contributed by atoms with van der Waals surface area (Å²) in [5, 5.41) is 7.62. The standard InChI is InChI=1S/C25H31N3O5/c1-7-32-21-12-10-19(14-23(21)33-8-2)25(29)26-24-16(3)27-28(17(24)4)15-18-9-11-20(30-5)22(13-18)31-6/h9-14H,7-8,15H2,1-6H3,(H,26,29). The number of carbonyl (C=O) groups is 1. The monoisotopic (exact) mass is 453 g/mol. The third-order valence-corrected chi connectivity index (χ3v) is 5.21. The summed E-state index contributed by atoms with van der Waals surface area (Å²) in [6, 6.07) is 10.9. The van der Waals surface area contributed by atoms with Crippen LogP contribution in [-0.4, -0.2) is 43.1 Å². The maximum atomic E-state index is 13.0. The highest BCUT2D eigenvalue weighted by molar-refractivity contribution is 6.05. The zero-order valence-corrected chi connectivity index (χ0v) is 20.0. The number of nitrogens with one attached hydrogen (secondary N) is 1. The van der Waals surface area contributed by atoms with E-state index in [0.29, 0.717) is 54.0 Å². The summed E-state index contributed by atoms with van der Waals surface area (Å²) in [5.74, 6) is 2.25. The van der Waals surface area contributed by atoms with Gasteiger partial charge in [0.05, 0.1) is 51.1 Å². The van der Waals surface area contributed by atoms with Crippen molar-refractivity contribution in [3.8, 4) is 23.0 Å². The summed E-state index contributed by atoms with van der Waals surface area (Å²) in [7, 11) is 3.21. The fourth-order valence-corrected chi connectivity index (χ4v) is 3.56. The Morgan fingerprint density at radius 3 is 2.24 bits per heavy atom. The smallest absolute Gasteiger partial charge is 0.255 e. The van der Waals surface area contributed by atoms with Crippen LogP contribution in [0.25, 0.3) is 0 Å². The van der Waals surface area contributed by atoms with Crippen LogP contribution in [0.3, 0.4) is 0 Å². The Bertz CT molecular complexity index is 1120. The summed E-state index contributed by atoms with van der Waals surface area (Å²) in [4.78, 5) is 13.0. The number of aromatic nitrogens is 2. The van der Waals surface area contributed by atoms with Gasteiger partial charge in [-0.1, -0.05) is 6.07 Å². The summed E-state index contributed by atoms with van der Waals surface area (Å²) >= 11 is 0.